The molecule has 0 saturated heterocycles. The third-order valence-corrected chi connectivity index (χ3v) is 3.10. The maximum absolute atomic E-state index is 12.9. The second kappa shape index (κ2) is 5.46. The van der Waals surface area contributed by atoms with Gasteiger partial charge in [-0.3, -0.25) is 4.68 Å². The van der Waals surface area contributed by atoms with E-state index < -0.39 is 0 Å². The van der Waals surface area contributed by atoms with Crippen molar-refractivity contribution < 1.29 is 4.39 Å². The molecular formula is C12H14ClFN4. The molecule has 0 aliphatic heterocycles. The number of aryl methyl sites for hydroxylation is 1. The number of rotatable bonds is 4. The lowest BCUT2D eigenvalue weighted by atomic mass is 10.0. The normalized spacial score (nSPS) is 12.7. The fourth-order valence-corrected chi connectivity index (χ4v) is 2.03. The predicted octanol–water partition coefficient (Wildman–Crippen LogP) is 1.72. The minimum absolute atomic E-state index is 0.129. The van der Waals surface area contributed by atoms with Crippen molar-refractivity contribution in [1.82, 2.24) is 14.8 Å². The first kappa shape index (κ1) is 13.0. The lowest BCUT2D eigenvalue weighted by Crippen LogP contribution is -2.27. The zero-order valence-corrected chi connectivity index (χ0v) is 10.7. The van der Waals surface area contributed by atoms with Crippen LogP contribution in [0.25, 0.3) is 0 Å². The maximum Gasteiger partial charge on any atom is 0.138 e. The Labute approximate surface area is 110 Å². The molecule has 2 N–H and O–H groups in total. The molecule has 1 atom stereocenters. The summed E-state index contributed by atoms with van der Waals surface area (Å²) in [7, 11) is 1.82. The Morgan fingerprint density at radius 1 is 1.44 bits per heavy atom. The van der Waals surface area contributed by atoms with E-state index >= 15 is 0 Å². The highest BCUT2D eigenvalue weighted by atomic mass is 35.5. The van der Waals surface area contributed by atoms with Crippen LogP contribution in [0.5, 0.6) is 0 Å². The van der Waals surface area contributed by atoms with Gasteiger partial charge in [0.2, 0.25) is 0 Å². The SMILES string of the molecule is Cn1ncnc1CC(N)Cc1ccc(F)cc1Cl. The molecule has 0 spiro atoms. The Kier molecular flexibility index (Phi) is 3.93. The fraction of sp³-hybridized carbons (Fsp3) is 0.333. The van der Waals surface area contributed by atoms with E-state index in [1.807, 2.05) is 7.05 Å². The number of aromatic nitrogens is 3. The minimum Gasteiger partial charge on any atom is -0.327 e. The van der Waals surface area contributed by atoms with Gasteiger partial charge < -0.3 is 5.73 Å². The molecule has 1 unspecified atom stereocenters. The second-order valence-corrected chi connectivity index (χ2v) is 4.61. The van der Waals surface area contributed by atoms with Gasteiger partial charge in [-0.25, -0.2) is 9.37 Å². The average Bonchev–Trinajstić information content (AvgIpc) is 2.69. The summed E-state index contributed by atoms with van der Waals surface area (Å²) < 4.78 is 14.6. The molecule has 2 aromatic rings. The van der Waals surface area contributed by atoms with E-state index in [1.54, 1.807) is 10.7 Å². The summed E-state index contributed by atoms with van der Waals surface area (Å²) >= 11 is 5.96. The molecule has 0 fully saturated rings. The molecule has 1 heterocycles. The van der Waals surface area contributed by atoms with Crippen LogP contribution in [0.1, 0.15) is 11.4 Å². The lowest BCUT2D eigenvalue weighted by Gasteiger charge is -2.12. The summed E-state index contributed by atoms with van der Waals surface area (Å²) in [5.41, 5.74) is 6.88. The molecule has 18 heavy (non-hydrogen) atoms. The van der Waals surface area contributed by atoms with Crippen LogP contribution in [-0.4, -0.2) is 20.8 Å². The van der Waals surface area contributed by atoms with Crippen molar-refractivity contribution in [3.05, 3.63) is 46.8 Å². The molecule has 0 saturated carbocycles. The van der Waals surface area contributed by atoms with Crippen molar-refractivity contribution in [2.24, 2.45) is 12.8 Å². The van der Waals surface area contributed by atoms with Crippen LogP contribution < -0.4 is 5.73 Å². The summed E-state index contributed by atoms with van der Waals surface area (Å²) in [5, 5.41) is 4.39. The van der Waals surface area contributed by atoms with Crippen molar-refractivity contribution in [1.29, 1.82) is 0 Å². The molecule has 0 aliphatic rings. The zero-order chi connectivity index (χ0) is 13.1. The topological polar surface area (TPSA) is 56.7 Å². The fourth-order valence-electron chi connectivity index (χ4n) is 1.78. The summed E-state index contributed by atoms with van der Waals surface area (Å²) in [4.78, 5) is 4.11. The number of benzene rings is 1. The molecule has 0 aliphatic carbocycles. The molecule has 96 valence electrons. The summed E-state index contributed by atoms with van der Waals surface area (Å²) in [6.07, 6.45) is 2.67. The van der Waals surface area contributed by atoms with Crippen LogP contribution in [0, 0.1) is 5.82 Å². The quantitative estimate of drug-likeness (QED) is 0.919. The summed E-state index contributed by atoms with van der Waals surface area (Å²) in [6, 6.07) is 4.21. The Bertz CT molecular complexity index is 541. The third-order valence-electron chi connectivity index (χ3n) is 2.75. The highest BCUT2D eigenvalue weighted by molar-refractivity contribution is 6.31. The van der Waals surface area contributed by atoms with Crippen molar-refractivity contribution in [2.45, 2.75) is 18.9 Å². The molecule has 0 radical (unpaired) electrons. The molecule has 0 bridgehead atoms. The molecule has 0 amide bonds. The van der Waals surface area contributed by atoms with Crippen LogP contribution in [0.3, 0.4) is 0 Å². The molecule has 6 heteroatoms. The van der Waals surface area contributed by atoms with Crippen LogP contribution in [0.4, 0.5) is 4.39 Å². The van der Waals surface area contributed by atoms with Crippen molar-refractivity contribution in [3.8, 4) is 0 Å². The van der Waals surface area contributed by atoms with Gasteiger partial charge in [0, 0.05) is 24.5 Å². The average molecular weight is 269 g/mol. The minimum atomic E-state index is -0.342. The summed E-state index contributed by atoms with van der Waals surface area (Å²) in [6.45, 7) is 0. The van der Waals surface area contributed by atoms with E-state index in [2.05, 4.69) is 10.1 Å². The van der Waals surface area contributed by atoms with E-state index in [0.717, 1.165) is 11.4 Å². The van der Waals surface area contributed by atoms with Gasteiger partial charge in [0.25, 0.3) is 0 Å². The van der Waals surface area contributed by atoms with E-state index in [0.29, 0.717) is 17.9 Å². The highest BCUT2D eigenvalue weighted by Crippen LogP contribution is 2.19. The van der Waals surface area contributed by atoms with E-state index in [9.17, 15) is 4.39 Å². The molecule has 1 aromatic carbocycles. The smallest absolute Gasteiger partial charge is 0.138 e. The number of hydrogen-bond acceptors (Lipinski definition) is 3. The van der Waals surface area contributed by atoms with Crippen molar-refractivity contribution >= 4 is 11.6 Å². The Balaban J connectivity index is 2.03. The number of halogens is 2. The van der Waals surface area contributed by atoms with Gasteiger partial charge in [-0.05, 0) is 24.1 Å². The lowest BCUT2D eigenvalue weighted by molar-refractivity contribution is 0.600. The number of nitrogens with two attached hydrogens (primary N) is 1. The van der Waals surface area contributed by atoms with Gasteiger partial charge in [0.15, 0.2) is 0 Å². The first-order chi connectivity index (χ1) is 8.56. The molecular weight excluding hydrogens is 255 g/mol. The first-order valence-electron chi connectivity index (χ1n) is 5.58. The number of nitrogens with zero attached hydrogens (tertiary/aromatic N) is 3. The Morgan fingerprint density at radius 3 is 2.83 bits per heavy atom. The molecule has 4 nitrogen and oxygen atoms in total. The van der Waals surface area contributed by atoms with Crippen molar-refractivity contribution in [2.75, 3.05) is 0 Å². The highest BCUT2D eigenvalue weighted by Gasteiger charge is 2.11. The number of hydrogen-bond donors (Lipinski definition) is 1. The largest absolute Gasteiger partial charge is 0.327 e. The van der Waals surface area contributed by atoms with E-state index in [4.69, 9.17) is 17.3 Å². The standard InChI is InChI=1S/C12H14ClFN4/c1-18-12(16-7-17-18)6-10(15)4-8-2-3-9(14)5-11(8)13/h2-3,5,7,10H,4,6,15H2,1H3. The maximum atomic E-state index is 12.9. The van der Waals surface area contributed by atoms with Gasteiger partial charge in [-0.1, -0.05) is 17.7 Å². The van der Waals surface area contributed by atoms with E-state index in [-0.39, 0.29) is 11.9 Å². The van der Waals surface area contributed by atoms with Gasteiger partial charge in [0.05, 0.1) is 0 Å². The first-order valence-corrected chi connectivity index (χ1v) is 5.96. The van der Waals surface area contributed by atoms with E-state index in [1.165, 1.54) is 18.5 Å². The Morgan fingerprint density at radius 2 is 2.22 bits per heavy atom. The van der Waals surface area contributed by atoms with Crippen LogP contribution >= 0.6 is 11.6 Å². The van der Waals surface area contributed by atoms with Crippen molar-refractivity contribution in [3.63, 3.8) is 0 Å². The zero-order valence-electron chi connectivity index (χ0n) is 9.98. The van der Waals surface area contributed by atoms with Crippen LogP contribution in [0.15, 0.2) is 24.5 Å². The third kappa shape index (κ3) is 3.05. The van der Waals surface area contributed by atoms with Gasteiger partial charge in [-0.2, -0.15) is 5.10 Å². The monoisotopic (exact) mass is 268 g/mol. The molecule has 2 rings (SSSR count). The van der Waals surface area contributed by atoms with Crippen LogP contribution in [-0.2, 0) is 19.9 Å². The molecule has 1 aromatic heterocycles. The van der Waals surface area contributed by atoms with Gasteiger partial charge in [-0.15, -0.1) is 0 Å². The second-order valence-electron chi connectivity index (χ2n) is 4.20. The van der Waals surface area contributed by atoms with Gasteiger partial charge >= 0.3 is 0 Å². The predicted molar refractivity (Wildman–Crippen MR) is 67.8 cm³/mol. The van der Waals surface area contributed by atoms with Gasteiger partial charge in [0.1, 0.15) is 18.0 Å². The summed E-state index contributed by atoms with van der Waals surface area (Å²) in [5.74, 6) is 0.478. The van der Waals surface area contributed by atoms with Crippen LogP contribution in [0.2, 0.25) is 5.02 Å². The Hall–Kier alpha value is -1.46.